The van der Waals surface area contributed by atoms with E-state index in [1.165, 1.54) is 19.1 Å². The third-order valence-corrected chi connectivity index (χ3v) is 3.84. The molecule has 0 fully saturated rings. The van der Waals surface area contributed by atoms with Crippen molar-refractivity contribution in [2.75, 3.05) is 14.1 Å². The van der Waals surface area contributed by atoms with Crippen LogP contribution in [0.5, 0.6) is 5.75 Å². The van der Waals surface area contributed by atoms with Crippen LogP contribution in [-0.4, -0.2) is 40.4 Å². The van der Waals surface area contributed by atoms with Crippen LogP contribution in [0, 0.1) is 0 Å². The Hall–Kier alpha value is -1.33. The zero-order valence-corrected chi connectivity index (χ0v) is 11.7. The second-order valence-electron chi connectivity index (χ2n) is 4.23. The minimum Gasteiger partial charge on any atom is -0.506 e. The van der Waals surface area contributed by atoms with E-state index in [0.29, 0.717) is 0 Å². The fourth-order valence-corrected chi connectivity index (χ4v) is 2.13. The number of para-hydroxylation sites is 1. The minimum atomic E-state index is -0.257. The molecule has 0 amide bonds. The Kier molecular flexibility index (Phi) is 4.93. The van der Waals surface area contributed by atoms with E-state index in [4.69, 9.17) is 0 Å². The molecule has 18 heavy (non-hydrogen) atoms. The summed E-state index contributed by atoms with van der Waals surface area (Å²) in [6.07, 6.45) is 0. The topological polar surface area (TPSA) is 57.6 Å². The van der Waals surface area contributed by atoms with E-state index in [9.17, 15) is 14.7 Å². The lowest BCUT2D eigenvalue weighted by atomic mass is 10.1. The molecule has 1 aromatic carbocycles. The van der Waals surface area contributed by atoms with Crippen LogP contribution in [0.3, 0.4) is 0 Å². The van der Waals surface area contributed by atoms with Crippen LogP contribution in [0.4, 0.5) is 0 Å². The number of carbonyl (C=O) groups is 2. The molecule has 98 valence electrons. The Morgan fingerprint density at radius 1 is 1.28 bits per heavy atom. The van der Waals surface area contributed by atoms with Gasteiger partial charge in [-0.1, -0.05) is 17.8 Å². The van der Waals surface area contributed by atoms with Gasteiger partial charge in [0.2, 0.25) is 5.12 Å². The highest BCUT2D eigenvalue weighted by Crippen LogP contribution is 2.28. The summed E-state index contributed by atoms with van der Waals surface area (Å²) in [5, 5.41) is 9.67. The molecule has 0 aromatic heterocycles. The molecule has 5 heteroatoms. The molecule has 0 aliphatic rings. The summed E-state index contributed by atoms with van der Waals surface area (Å²) in [5.74, 6) is -0.485. The molecule has 0 aliphatic carbocycles. The van der Waals surface area contributed by atoms with E-state index in [1.54, 1.807) is 6.07 Å². The van der Waals surface area contributed by atoms with E-state index in [2.05, 4.69) is 0 Å². The highest BCUT2D eigenvalue weighted by Gasteiger charge is 2.19. The van der Waals surface area contributed by atoms with Gasteiger partial charge in [0.15, 0.2) is 5.78 Å². The van der Waals surface area contributed by atoms with Gasteiger partial charge in [0.25, 0.3) is 0 Å². The Bertz CT molecular complexity index is 471. The standard InChI is InChI=1S/C13H17NO3S/c1-8(15)10-6-5-7-11(12(10)16)13(17)18-9(2)14(3)4/h5-7,9,16H,1-4H3. The maximum absolute atomic E-state index is 12.0. The van der Waals surface area contributed by atoms with Crippen LogP contribution in [0.1, 0.15) is 34.6 Å². The molecule has 0 saturated carbocycles. The Labute approximate surface area is 111 Å². The second kappa shape index (κ2) is 6.02. The van der Waals surface area contributed by atoms with Crippen LogP contribution in [0.25, 0.3) is 0 Å². The van der Waals surface area contributed by atoms with Gasteiger partial charge in [0.1, 0.15) is 5.75 Å². The zero-order valence-electron chi connectivity index (χ0n) is 10.9. The molecule has 0 heterocycles. The van der Waals surface area contributed by atoms with Gasteiger partial charge in [-0.25, -0.2) is 0 Å². The number of thioether (sulfide) groups is 1. The number of Topliss-reactive ketones (excluding diaryl/α,β-unsaturated/α-hetero) is 1. The van der Waals surface area contributed by atoms with Crippen LogP contribution in [0.2, 0.25) is 0 Å². The van der Waals surface area contributed by atoms with Gasteiger partial charge in [0.05, 0.1) is 16.5 Å². The number of nitrogens with zero attached hydrogens (tertiary/aromatic N) is 1. The quantitative estimate of drug-likeness (QED) is 0.670. The summed E-state index contributed by atoms with van der Waals surface area (Å²) in [6.45, 7) is 3.26. The number of benzene rings is 1. The molecule has 0 radical (unpaired) electrons. The molecular formula is C13H17NO3S. The lowest BCUT2D eigenvalue weighted by Gasteiger charge is -2.18. The summed E-state index contributed by atoms with van der Waals surface area (Å²) < 4.78 is 0. The van der Waals surface area contributed by atoms with Gasteiger partial charge in [-0.2, -0.15) is 0 Å². The number of rotatable bonds is 4. The number of ketones is 1. The lowest BCUT2D eigenvalue weighted by molar-refractivity contribution is 0.101. The van der Waals surface area contributed by atoms with Gasteiger partial charge in [0, 0.05) is 0 Å². The molecule has 4 nitrogen and oxygen atoms in total. The molecule has 0 saturated heterocycles. The first-order valence-electron chi connectivity index (χ1n) is 5.55. The summed E-state index contributed by atoms with van der Waals surface area (Å²) in [5.41, 5.74) is 0.361. The van der Waals surface area contributed by atoms with E-state index in [0.717, 1.165) is 11.8 Å². The second-order valence-corrected chi connectivity index (χ2v) is 5.51. The third kappa shape index (κ3) is 3.34. The van der Waals surface area contributed by atoms with Crippen molar-refractivity contribution >= 4 is 22.7 Å². The molecule has 1 N–H and O–H groups in total. The monoisotopic (exact) mass is 267 g/mol. The average Bonchev–Trinajstić information content (AvgIpc) is 2.28. The van der Waals surface area contributed by atoms with Crippen molar-refractivity contribution in [2.24, 2.45) is 0 Å². The van der Waals surface area contributed by atoms with Gasteiger partial charge in [-0.05, 0) is 40.1 Å². The summed E-state index contributed by atoms with van der Waals surface area (Å²) in [7, 11) is 3.74. The van der Waals surface area contributed by atoms with Gasteiger partial charge in [-0.3, -0.25) is 14.5 Å². The van der Waals surface area contributed by atoms with Crippen LogP contribution >= 0.6 is 11.8 Å². The summed E-state index contributed by atoms with van der Waals surface area (Å²) in [4.78, 5) is 25.2. The normalized spacial score (nSPS) is 12.5. The molecule has 1 aromatic rings. The van der Waals surface area contributed by atoms with Crippen molar-refractivity contribution < 1.29 is 14.7 Å². The number of hydrogen-bond acceptors (Lipinski definition) is 5. The van der Waals surface area contributed by atoms with Gasteiger partial charge < -0.3 is 5.11 Å². The Balaban J connectivity index is 3.00. The molecule has 0 aliphatic heterocycles. The lowest BCUT2D eigenvalue weighted by Crippen LogP contribution is -2.22. The van der Waals surface area contributed by atoms with Gasteiger partial charge in [-0.15, -0.1) is 0 Å². The largest absolute Gasteiger partial charge is 0.506 e. The molecule has 1 atom stereocenters. The fraction of sp³-hybridized carbons (Fsp3) is 0.385. The number of aromatic hydroxyl groups is 1. The van der Waals surface area contributed by atoms with Crippen molar-refractivity contribution in [3.05, 3.63) is 29.3 Å². The van der Waals surface area contributed by atoms with Crippen molar-refractivity contribution in [3.8, 4) is 5.75 Å². The Morgan fingerprint density at radius 3 is 2.33 bits per heavy atom. The number of carbonyl (C=O) groups excluding carboxylic acids is 2. The number of phenolic OH excluding ortho intramolecular Hbond substituents is 1. The molecule has 1 unspecified atom stereocenters. The average molecular weight is 267 g/mol. The summed E-state index contributed by atoms with van der Waals surface area (Å²) in [6, 6.07) is 4.64. The SMILES string of the molecule is CC(=O)c1cccc(C(=O)SC(C)N(C)C)c1O. The smallest absolute Gasteiger partial charge is 0.224 e. The summed E-state index contributed by atoms with van der Waals surface area (Å²) >= 11 is 1.11. The van der Waals surface area contributed by atoms with E-state index >= 15 is 0 Å². The minimum absolute atomic E-state index is 0.00196. The third-order valence-electron chi connectivity index (χ3n) is 2.64. The van der Waals surface area contributed by atoms with E-state index in [1.807, 2.05) is 25.9 Å². The fourth-order valence-electron chi connectivity index (χ4n) is 1.32. The first kappa shape index (κ1) is 14.7. The number of phenols is 1. The number of hydrogen-bond donors (Lipinski definition) is 1. The maximum atomic E-state index is 12.0. The van der Waals surface area contributed by atoms with Crippen LogP contribution < -0.4 is 0 Å². The predicted molar refractivity (Wildman–Crippen MR) is 73.2 cm³/mol. The first-order valence-corrected chi connectivity index (χ1v) is 6.43. The zero-order chi connectivity index (χ0) is 13.9. The molecular weight excluding hydrogens is 250 g/mol. The van der Waals surface area contributed by atoms with Crippen LogP contribution in [-0.2, 0) is 0 Å². The molecule has 1 rings (SSSR count). The van der Waals surface area contributed by atoms with Crippen molar-refractivity contribution in [2.45, 2.75) is 19.2 Å². The van der Waals surface area contributed by atoms with Crippen molar-refractivity contribution in [1.29, 1.82) is 0 Å². The first-order chi connectivity index (χ1) is 8.34. The highest BCUT2D eigenvalue weighted by atomic mass is 32.2. The van der Waals surface area contributed by atoms with Gasteiger partial charge >= 0.3 is 0 Å². The molecule has 0 bridgehead atoms. The highest BCUT2D eigenvalue weighted by molar-refractivity contribution is 8.14. The maximum Gasteiger partial charge on any atom is 0.224 e. The predicted octanol–water partition coefficient (Wildman–Crippen LogP) is 2.38. The van der Waals surface area contributed by atoms with E-state index < -0.39 is 0 Å². The Morgan fingerprint density at radius 2 is 1.83 bits per heavy atom. The van der Waals surface area contributed by atoms with Crippen molar-refractivity contribution in [1.82, 2.24) is 4.90 Å². The van der Waals surface area contributed by atoms with Crippen LogP contribution in [0.15, 0.2) is 18.2 Å². The van der Waals surface area contributed by atoms with E-state index in [-0.39, 0.29) is 33.1 Å². The molecule has 0 spiro atoms. The van der Waals surface area contributed by atoms with Crippen molar-refractivity contribution in [3.63, 3.8) is 0 Å².